The van der Waals surface area contributed by atoms with Crippen molar-refractivity contribution in [2.24, 2.45) is 5.92 Å². The number of carbonyl (C=O) groups excluding carboxylic acids is 1. The number of carbonyl (C=O) groups is 1. The van der Waals surface area contributed by atoms with Crippen LogP contribution in [0.1, 0.15) is 28.8 Å². The first-order chi connectivity index (χ1) is 10.6. The van der Waals surface area contributed by atoms with Crippen LogP contribution in [0, 0.1) is 12.8 Å². The molecule has 1 amide bonds. The van der Waals surface area contributed by atoms with Crippen LogP contribution in [0.5, 0.6) is 5.75 Å². The maximum Gasteiger partial charge on any atom is 0.255 e. The third kappa shape index (κ3) is 4.45. The second-order valence-corrected chi connectivity index (χ2v) is 5.95. The monoisotopic (exact) mass is 306 g/mol. The molecule has 1 fully saturated rings. The van der Waals surface area contributed by atoms with Crippen LogP contribution in [0.3, 0.4) is 0 Å². The van der Waals surface area contributed by atoms with E-state index < -0.39 is 0 Å². The van der Waals surface area contributed by atoms with Crippen LogP contribution in [0.4, 0.5) is 0 Å². The maximum atomic E-state index is 12.2. The van der Waals surface area contributed by atoms with Crippen molar-refractivity contribution in [3.05, 3.63) is 29.3 Å². The molecule has 2 rings (SSSR count). The molecule has 5 nitrogen and oxygen atoms in total. The van der Waals surface area contributed by atoms with Gasteiger partial charge in [-0.2, -0.15) is 0 Å². The fourth-order valence-electron chi connectivity index (χ4n) is 2.91. The Hall–Kier alpha value is -1.59. The van der Waals surface area contributed by atoms with Crippen LogP contribution in [0.15, 0.2) is 18.2 Å². The predicted molar refractivity (Wildman–Crippen MR) is 86.3 cm³/mol. The number of rotatable bonds is 6. The molecule has 22 heavy (non-hydrogen) atoms. The molecular formula is C17H26N2O3. The van der Waals surface area contributed by atoms with Crippen molar-refractivity contribution in [3.8, 4) is 5.75 Å². The number of nitrogens with zero attached hydrogens (tertiary/aromatic N) is 1. The summed E-state index contributed by atoms with van der Waals surface area (Å²) >= 11 is 0. The number of aryl methyl sites for hydroxylation is 1. The van der Waals surface area contributed by atoms with Gasteiger partial charge in [-0.25, -0.2) is 0 Å². The molecule has 0 aromatic heterocycles. The van der Waals surface area contributed by atoms with Crippen molar-refractivity contribution in [3.63, 3.8) is 0 Å². The highest BCUT2D eigenvalue weighted by Gasteiger charge is 2.19. The molecule has 1 heterocycles. The van der Waals surface area contributed by atoms with Gasteiger partial charge in [0.05, 0.1) is 12.7 Å². The van der Waals surface area contributed by atoms with Crippen molar-refractivity contribution in [1.82, 2.24) is 10.2 Å². The molecule has 1 aromatic rings. The molecule has 0 spiro atoms. The molecular weight excluding hydrogens is 280 g/mol. The third-order valence-corrected chi connectivity index (χ3v) is 4.18. The molecule has 1 saturated heterocycles. The van der Waals surface area contributed by atoms with Crippen molar-refractivity contribution >= 4 is 5.91 Å². The highest BCUT2D eigenvalue weighted by molar-refractivity contribution is 5.97. The van der Waals surface area contributed by atoms with E-state index in [-0.39, 0.29) is 12.5 Å². The Kier molecular flexibility index (Phi) is 6.21. The quantitative estimate of drug-likeness (QED) is 0.835. The van der Waals surface area contributed by atoms with Crippen molar-refractivity contribution in [2.75, 3.05) is 39.9 Å². The zero-order valence-electron chi connectivity index (χ0n) is 13.5. The Balaban J connectivity index is 1.83. The number of ether oxygens (including phenoxy) is 1. The van der Waals surface area contributed by atoms with Gasteiger partial charge in [-0.3, -0.25) is 4.79 Å². The van der Waals surface area contributed by atoms with E-state index in [9.17, 15) is 9.90 Å². The largest absolute Gasteiger partial charge is 0.496 e. The first-order valence-corrected chi connectivity index (χ1v) is 7.90. The van der Waals surface area contributed by atoms with E-state index in [1.807, 2.05) is 19.1 Å². The summed E-state index contributed by atoms with van der Waals surface area (Å²) in [5, 5.41) is 12.2. The highest BCUT2D eigenvalue weighted by atomic mass is 16.5. The predicted octanol–water partition coefficient (Wildman–Crippen LogP) is 1.44. The number of hydrogen-bond donors (Lipinski definition) is 2. The van der Waals surface area contributed by atoms with Crippen LogP contribution < -0.4 is 10.1 Å². The lowest BCUT2D eigenvalue weighted by Crippen LogP contribution is -2.41. The van der Waals surface area contributed by atoms with E-state index in [2.05, 4.69) is 10.2 Å². The Labute approximate surface area is 132 Å². The van der Waals surface area contributed by atoms with Crippen LogP contribution in [0.25, 0.3) is 0 Å². The molecule has 1 aliphatic rings. The lowest BCUT2D eigenvalue weighted by molar-refractivity contribution is 0.0928. The van der Waals surface area contributed by atoms with E-state index in [1.165, 1.54) is 0 Å². The van der Waals surface area contributed by atoms with Crippen LogP contribution in [-0.4, -0.2) is 55.8 Å². The molecule has 1 aliphatic heterocycles. The van der Waals surface area contributed by atoms with Crippen LogP contribution in [-0.2, 0) is 0 Å². The van der Waals surface area contributed by atoms with Crippen LogP contribution in [0.2, 0.25) is 0 Å². The molecule has 0 saturated carbocycles. The molecule has 1 atom stereocenters. The summed E-state index contributed by atoms with van der Waals surface area (Å²) in [6, 6.07) is 5.57. The lowest BCUT2D eigenvalue weighted by Gasteiger charge is -2.31. The zero-order valence-corrected chi connectivity index (χ0v) is 13.5. The highest BCUT2D eigenvalue weighted by Crippen LogP contribution is 2.19. The van der Waals surface area contributed by atoms with Gasteiger partial charge in [-0.05, 0) is 49.9 Å². The van der Waals surface area contributed by atoms with Crippen molar-refractivity contribution < 1.29 is 14.6 Å². The molecule has 2 N–H and O–H groups in total. The number of nitrogens with one attached hydrogen (secondary N) is 1. The molecule has 1 aromatic carbocycles. The van der Waals surface area contributed by atoms with Gasteiger partial charge in [-0.15, -0.1) is 0 Å². The molecule has 0 unspecified atom stereocenters. The molecule has 5 heteroatoms. The average Bonchev–Trinajstić information content (AvgIpc) is 2.54. The smallest absolute Gasteiger partial charge is 0.255 e. The Morgan fingerprint density at radius 2 is 2.32 bits per heavy atom. The van der Waals surface area contributed by atoms with Gasteiger partial charge in [0.2, 0.25) is 0 Å². The summed E-state index contributed by atoms with van der Waals surface area (Å²) in [6.07, 6.45) is 2.21. The molecule has 0 radical (unpaired) electrons. The number of aliphatic hydroxyl groups excluding tert-OH is 1. The first kappa shape index (κ1) is 16.8. The second-order valence-electron chi connectivity index (χ2n) is 5.95. The topological polar surface area (TPSA) is 61.8 Å². The Morgan fingerprint density at radius 3 is 3.05 bits per heavy atom. The number of piperidine rings is 1. The lowest BCUT2D eigenvalue weighted by atomic mass is 9.99. The van der Waals surface area contributed by atoms with Gasteiger partial charge in [0, 0.05) is 26.2 Å². The number of hydrogen-bond acceptors (Lipinski definition) is 4. The number of amides is 1. The fourth-order valence-corrected chi connectivity index (χ4v) is 2.91. The number of benzene rings is 1. The molecule has 0 bridgehead atoms. The fraction of sp³-hybridized carbons (Fsp3) is 0.588. The van der Waals surface area contributed by atoms with E-state index in [4.69, 9.17) is 4.74 Å². The third-order valence-electron chi connectivity index (χ3n) is 4.18. The van der Waals surface area contributed by atoms with E-state index in [0.29, 0.717) is 23.8 Å². The number of aliphatic hydroxyl groups is 1. The van der Waals surface area contributed by atoms with Gasteiger partial charge in [0.15, 0.2) is 0 Å². The minimum absolute atomic E-state index is 0.104. The van der Waals surface area contributed by atoms with Gasteiger partial charge < -0.3 is 20.1 Å². The summed E-state index contributed by atoms with van der Waals surface area (Å²) in [5.41, 5.74) is 1.64. The number of methoxy groups -OCH3 is 1. The summed E-state index contributed by atoms with van der Waals surface area (Å²) in [4.78, 5) is 14.6. The van der Waals surface area contributed by atoms with Crippen molar-refractivity contribution in [1.29, 1.82) is 0 Å². The standard InChI is InChI=1S/C17H26N2O3/c1-13-5-6-15(16(10-13)22-2)17(21)18-7-9-19-8-3-4-14(11-19)12-20/h5-6,10,14,20H,3-4,7-9,11-12H2,1-2H3,(H,18,21)/t14-/m1/s1. The Morgan fingerprint density at radius 1 is 1.50 bits per heavy atom. The maximum absolute atomic E-state index is 12.2. The van der Waals surface area contributed by atoms with Gasteiger partial charge in [-0.1, -0.05) is 6.07 Å². The SMILES string of the molecule is COc1cc(C)ccc1C(=O)NCCN1CCC[C@@H](CO)C1. The first-order valence-electron chi connectivity index (χ1n) is 7.90. The van der Waals surface area contributed by atoms with Crippen molar-refractivity contribution in [2.45, 2.75) is 19.8 Å². The molecule has 0 aliphatic carbocycles. The average molecular weight is 306 g/mol. The molecule has 122 valence electrons. The second kappa shape index (κ2) is 8.15. The van der Waals surface area contributed by atoms with E-state index in [0.717, 1.165) is 38.0 Å². The summed E-state index contributed by atoms with van der Waals surface area (Å²) in [7, 11) is 1.58. The zero-order chi connectivity index (χ0) is 15.9. The van der Waals surface area contributed by atoms with E-state index in [1.54, 1.807) is 13.2 Å². The number of likely N-dealkylation sites (tertiary alicyclic amines) is 1. The van der Waals surface area contributed by atoms with Gasteiger partial charge in [0.1, 0.15) is 5.75 Å². The van der Waals surface area contributed by atoms with E-state index >= 15 is 0 Å². The summed E-state index contributed by atoms with van der Waals surface area (Å²) in [5.74, 6) is 0.880. The normalized spacial score (nSPS) is 19.0. The van der Waals surface area contributed by atoms with Crippen LogP contribution >= 0.6 is 0 Å². The van der Waals surface area contributed by atoms with Gasteiger partial charge >= 0.3 is 0 Å². The summed E-state index contributed by atoms with van der Waals surface area (Å²) in [6.45, 7) is 5.60. The minimum atomic E-state index is -0.104. The Bertz CT molecular complexity index is 505. The minimum Gasteiger partial charge on any atom is -0.496 e. The van der Waals surface area contributed by atoms with Gasteiger partial charge in [0.25, 0.3) is 5.91 Å². The summed E-state index contributed by atoms with van der Waals surface area (Å²) < 4.78 is 5.27.